The number of fused-ring (bicyclic) bond motifs is 3. The maximum Gasteiger partial charge on any atom is 0.407 e. The lowest BCUT2D eigenvalue weighted by Crippen LogP contribution is -2.39. The fraction of sp³-hybridized carbons (Fsp3) is 0.222. The van der Waals surface area contributed by atoms with Gasteiger partial charge in [0.2, 0.25) is 0 Å². The molecule has 0 fully saturated rings. The summed E-state index contributed by atoms with van der Waals surface area (Å²) >= 11 is 0. The molecule has 0 radical (unpaired) electrons. The summed E-state index contributed by atoms with van der Waals surface area (Å²) in [6.45, 7) is 1.57. The number of hydrogen-bond donors (Lipinski definition) is 2. The van der Waals surface area contributed by atoms with E-state index in [0.717, 1.165) is 22.3 Å². The van der Waals surface area contributed by atoms with Gasteiger partial charge in [0, 0.05) is 5.92 Å². The predicted octanol–water partition coefficient (Wildman–Crippen LogP) is 2.17. The summed E-state index contributed by atoms with van der Waals surface area (Å²) in [5, 5.41) is 11.1. The Labute approximate surface area is 139 Å². The Morgan fingerprint density at radius 1 is 1.08 bits per heavy atom. The zero-order valence-electron chi connectivity index (χ0n) is 13.2. The minimum atomic E-state index is -1.10. The van der Waals surface area contributed by atoms with Gasteiger partial charge in [-0.15, -0.1) is 0 Å². The first-order valence-corrected chi connectivity index (χ1v) is 7.42. The van der Waals surface area contributed by atoms with Crippen LogP contribution in [0.3, 0.4) is 0 Å². The van der Waals surface area contributed by atoms with E-state index in [2.05, 4.69) is 17.4 Å². The second-order valence-electron chi connectivity index (χ2n) is 5.53. The SMILES string of the molecule is C[C@@H](NC(=O)OCC1c2ccccc2-c2ccccc21)C(=O)O.O. The fourth-order valence-corrected chi connectivity index (χ4v) is 2.88. The number of amides is 1. The van der Waals surface area contributed by atoms with Crippen molar-refractivity contribution < 1.29 is 24.9 Å². The van der Waals surface area contributed by atoms with Crippen LogP contribution < -0.4 is 5.32 Å². The average Bonchev–Trinajstić information content (AvgIpc) is 2.87. The minimum absolute atomic E-state index is 0. The van der Waals surface area contributed by atoms with Gasteiger partial charge in [0.1, 0.15) is 12.6 Å². The number of carboxylic acid groups (broad SMARTS) is 1. The van der Waals surface area contributed by atoms with Crippen molar-refractivity contribution in [3.8, 4) is 11.1 Å². The third kappa shape index (κ3) is 3.23. The zero-order chi connectivity index (χ0) is 16.4. The third-order valence-corrected chi connectivity index (χ3v) is 4.05. The molecule has 24 heavy (non-hydrogen) atoms. The summed E-state index contributed by atoms with van der Waals surface area (Å²) in [4.78, 5) is 22.5. The molecule has 4 N–H and O–H groups in total. The summed E-state index contributed by atoms with van der Waals surface area (Å²) in [6, 6.07) is 15.1. The average molecular weight is 329 g/mol. The van der Waals surface area contributed by atoms with E-state index in [0.29, 0.717) is 0 Å². The zero-order valence-corrected chi connectivity index (χ0v) is 13.2. The number of hydrogen-bond acceptors (Lipinski definition) is 3. The van der Waals surface area contributed by atoms with Gasteiger partial charge in [0.05, 0.1) is 0 Å². The molecule has 126 valence electrons. The van der Waals surface area contributed by atoms with Gasteiger partial charge in [-0.3, -0.25) is 4.79 Å². The Morgan fingerprint density at radius 3 is 2.08 bits per heavy atom. The highest BCUT2D eigenvalue weighted by atomic mass is 16.5. The summed E-state index contributed by atoms with van der Waals surface area (Å²) in [6.07, 6.45) is -0.721. The Bertz CT molecular complexity index is 713. The first-order chi connectivity index (χ1) is 11.1. The first-order valence-electron chi connectivity index (χ1n) is 7.42. The van der Waals surface area contributed by atoms with Crippen LogP contribution in [0, 0.1) is 0 Å². The molecule has 0 aromatic heterocycles. The molecule has 3 rings (SSSR count). The van der Waals surface area contributed by atoms with E-state index < -0.39 is 18.1 Å². The van der Waals surface area contributed by atoms with Crippen LogP contribution in [0.15, 0.2) is 48.5 Å². The van der Waals surface area contributed by atoms with E-state index in [1.807, 2.05) is 36.4 Å². The Balaban J connectivity index is 0.00000208. The molecule has 1 atom stereocenters. The van der Waals surface area contributed by atoms with E-state index in [1.54, 1.807) is 0 Å². The van der Waals surface area contributed by atoms with Gasteiger partial charge in [-0.1, -0.05) is 48.5 Å². The normalized spacial score (nSPS) is 13.2. The Kier molecular flexibility index (Phi) is 5.21. The van der Waals surface area contributed by atoms with E-state index >= 15 is 0 Å². The van der Waals surface area contributed by atoms with E-state index in [9.17, 15) is 9.59 Å². The monoisotopic (exact) mass is 329 g/mol. The van der Waals surface area contributed by atoms with Crippen molar-refractivity contribution in [2.45, 2.75) is 18.9 Å². The molecule has 1 amide bonds. The summed E-state index contributed by atoms with van der Waals surface area (Å²) in [7, 11) is 0. The summed E-state index contributed by atoms with van der Waals surface area (Å²) < 4.78 is 5.25. The molecule has 6 heteroatoms. The van der Waals surface area contributed by atoms with Crippen molar-refractivity contribution in [2.75, 3.05) is 6.61 Å². The second-order valence-corrected chi connectivity index (χ2v) is 5.53. The molecule has 0 bridgehead atoms. The topological polar surface area (TPSA) is 107 Å². The number of benzene rings is 2. The van der Waals surface area contributed by atoms with Gasteiger partial charge in [0.25, 0.3) is 0 Å². The maximum absolute atomic E-state index is 11.7. The molecule has 2 aromatic rings. The molecule has 1 aliphatic carbocycles. The van der Waals surface area contributed by atoms with Crippen molar-refractivity contribution >= 4 is 12.1 Å². The highest BCUT2D eigenvalue weighted by Gasteiger charge is 2.29. The lowest BCUT2D eigenvalue weighted by molar-refractivity contribution is -0.138. The summed E-state index contributed by atoms with van der Waals surface area (Å²) in [5.41, 5.74) is 4.53. The molecule has 6 nitrogen and oxygen atoms in total. The van der Waals surface area contributed by atoms with Gasteiger partial charge < -0.3 is 20.6 Å². The van der Waals surface area contributed by atoms with E-state index in [1.165, 1.54) is 6.92 Å². The van der Waals surface area contributed by atoms with Gasteiger partial charge >= 0.3 is 12.1 Å². The molecule has 0 heterocycles. The van der Waals surface area contributed by atoms with Gasteiger partial charge in [0.15, 0.2) is 0 Å². The number of carbonyl (C=O) groups is 2. The summed E-state index contributed by atoms with van der Waals surface area (Å²) in [5.74, 6) is -1.13. The van der Waals surface area contributed by atoms with Crippen LogP contribution >= 0.6 is 0 Å². The van der Waals surface area contributed by atoms with Crippen LogP contribution in [-0.4, -0.2) is 35.3 Å². The van der Waals surface area contributed by atoms with E-state index in [4.69, 9.17) is 9.84 Å². The fourth-order valence-electron chi connectivity index (χ4n) is 2.88. The molecule has 0 saturated heterocycles. The minimum Gasteiger partial charge on any atom is -0.480 e. The number of nitrogens with one attached hydrogen (secondary N) is 1. The quantitative estimate of drug-likeness (QED) is 0.896. The van der Waals surface area contributed by atoms with Crippen LogP contribution in [0.2, 0.25) is 0 Å². The molecular weight excluding hydrogens is 310 g/mol. The third-order valence-electron chi connectivity index (χ3n) is 4.05. The number of alkyl carbamates (subject to hydrolysis) is 1. The molecule has 2 aromatic carbocycles. The Morgan fingerprint density at radius 2 is 1.58 bits per heavy atom. The number of carboxylic acids is 1. The second kappa shape index (κ2) is 7.14. The highest BCUT2D eigenvalue weighted by molar-refractivity contribution is 5.80. The number of carbonyl (C=O) groups excluding carboxylic acids is 1. The standard InChI is InChI=1S/C18H17NO4.H2O/c1-11(17(20)21)19-18(22)23-10-16-14-8-4-2-6-12(14)13-7-3-5-9-15(13)16;/h2-9,11,16H,10H2,1H3,(H,19,22)(H,20,21);1H2/t11-;/m1./s1. The smallest absolute Gasteiger partial charge is 0.407 e. The molecular formula is C18H19NO5. The molecule has 0 spiro atoms. The van der Waals surface area contributed by atoms with E-state index in [-0.39, 0.29) is 18.0 Å². The van der Waals surface area contributed by atoms with Gasteiger partial charge in [-0.25, -0.2) is 4.79 Å². The number of aliphatic carboxylic acids is 1. The van der Waals surface area contributed by atoms with Gasteiger partial charge in [-0.2, -0.15) is 0 Å². The van der Waals surface area contributed by atoms with Crippen molar-refractivity contribution in [3.63, 3.8) is 0 Å². The lowest BCUT2D eigenvalue weighted by Gasteiger charge is -2.15. The van der Waals surface area contributed by atoms with Crippen LogP contribution in [0.4, 0.5) is 4.79 Å². The largest absolute Gasteiger partial charge is 0.480 e. The van der Waals surface area contributed by atoms with Crippen LogP contribution in [0.25, 0.3) is 11.1 Å². The maximum atomic E-state index is 11.7. The van der Waals surface area contributed by atoms with Crippen LogP contribution in [-0.2, 0) is 9.53 Å². The molecule has 0 saturated carbocycles. The number of rotatable bonds is 4. The van der Waals surface area contributed by atoms with Gasteiger partial charge in [-0.05, 0) is 29.2 Å². The predicted molar refractivity (Wildman–Crippen MR) is 88.9 cm³/mol. The molecule has 0 aliphatic heterocycles. The number of ether oxygens (including phenoxy) is 1. The van der Waals surface area contributed by atoms with Crippen LogP contribution in [0.5, 0.6) is 0 Å². The van der Waals surface area contributed by atoms with Crippen molar-refractivity contribution in [1.29, 1.82) is 0 Å². The molecule has 1 aliphatic rings. The first kappa shape index (κ1) is 17.5. The van der Waals surface area contributed by atoms with Crippen molar-refractivity contribution in [3.05, 3.63) is 59.7 Å². The lowest BCUT2D eigenvalue weighted by atomic mass is 9.98. The van der Waals surface area contributed by atoms with Crippen molar-refractivity contribution in [2.24, 2.45) is 0 Å². The van der Waals surface area contributed by atoms with Crippen molar-refractivity contribution in [1.82, 2.24) is 5.32 Å². The van der Waals surface area contributed by atoms with Crippen LogP contribution in [0.1, 0.15) is 24.0 Å². The highest BCUT2D eigenvalue weighted by Crippen LogP contribution is 2.44. The Hall–Kier alpha value is -2.86. The molecule has 0 unspecified atom stereocenters.